The van der Waals surface area contributed by atoms with Crippen LogP contribution in [0.25, 0.3) is 0 Å². The number of nitrogens with one attached hydrogen (secondary N) is 1. The number of nitrogens with zero attached hydrogens (tertiary/aromatic N) is 3. The minimum absolute atomic E-state index is 0.0407. The summed E-state index contributed by atoms with van der Waals surface area (Å²) < 4.78 is 15.6. The maximum absolute atomic E-state index is 13.7. The van der Waals surface area contributed by atoms with Gasteiger partial charge in [-0.3, -0.25) is 9.48 Å². The standard InChI is InChI=1S/C20H25ClFN5O/c1-12-9-14(26-7-2-8-26)4-6-18(12)27-11-15(19(23)28)20(25-27)24-13-3-5-16(21)17(22)10-13/h3,5,10-12,14,18H,2,4,6-9H2,1H3,(H2,23,28)(H,24,25). The van der Waals surface area contributed by atoms with Crippen molar-refractivity contribution in [1.82, 2.24) is 14.7 Å². The molecule has 1 saturated carbocycles. The van der Waals surface area contributed by atoms with Crippen LogP contribution in [0, 0.1) is 11.7 Å². The molecular weight excluding hydrogens is 381 g/mol. The van der Waals surface area contributed by atoms with E-state index in [1.54, 1.807) is 12.3 Å². The highest BCUT2D eigenvalue weighted by Crippen LogP contribution is 2.37. The molecule has 28 heavy (non-hydrogen) atoms. The summed E-state index contributed by atoms with van der Waals surface area (Å²) in [5, 5.41) is 7.64. The van der Waals surface area contributed by atoms with E-state index in [9.17, 15) is 9.18 Å². The second kappa shape index (κ2) is 7.72. The van der Waals surface area contributed by atoms with Crippen LogP contribution in [0.15, 0.2) is 24.4 Å². The first-order chi connectivity index (χ1) is 13.4. The lowest BCUT2D eigenvalue weighted by Crippen LogP contribution is -2.48. The Morgan fingerprint density at radius 2 is 2.14 bits per heavy atom. The lowest BCUT2D eigenvalue weighted by molar-refractivity contribution is 0.0572. The summed E-state index contributed by atoms with van der Waals surface area (Å²) in [6.07, 6.45) is 6.28. The van der Waals surface area contributed by atoms with Gasteiger partial charge in [0.2, 0.25) is 0 Å². The number of rotatable bonds is 5. The van der Waals surface area contributed by atoms with Crippen molar-refractivity contribution in [2.75, 3.05) is 18.4 Å². The second-order valence-corrected chi connectivity index (χ2v) is 8.30. The van der Waals surface area contributed by atoms with E-state index in [2.05, 4.69) is 22.2 Å². The molecule has 2 fully saturated rings. The maximum Gasteiger partial charge on any atom is 0.254 e. The lowest BCUT2D eigenvalue weighted by atomic mass is 9.81. The van der Waals surface area contributed by atoms with Crippen LogP contribution in [0.2, 0.25) is 5.02 Å². The highest BCUT2D eigenvalue weighted by Gasteiger charge is 2.34. The zero-order chi connectivity index (χ0) is 19.8. The van der Waals surface area contributed by atoms with Gasteiger partial charge in [0.25, 0.3) is 5.91 Å². The van der Waals surface area contributed by atoms with Gasteiger partial charge in [-0.15, -0.1) is 0 Å². The zero-order valence-electron chi connectivity index (χ0n) is 15.9. The van der Waals surface area contributed by atoms with Crippen molar-refractivity contribution in [1.29, 1.82) is 0 Å². The molecular formula is C20H25ClFN5O. The molecule has 1 aliphatic carbocycles. The van der Waals surface area contributed by atoms with Crippen LogP contribution in [0.1, 0.15) is 49.0 Å². The Hall–Kier alpha value is -2.12. The van der Waals surface area contributed by atoms with Gasteiger partial charge in [0.05, 0.1) is 11.1 Å². The van der Waals surface area contributed by atoms with Gasteiger partial charge >= 0.3 is 0 Å². The Kier molecular flexibility index (Phi) is 5.29. The molecule has 2 aromatic rings. The average Bonchev–Trinajstić information content (AvgIpc) is 3.00. The molecule has 6 nitrogen and oxygen atoms in total. The number of carbonyl (C=O) groups is 1. The quantitative estimate of drug-likeness (QED) is 0.789. The van der Waals surface area contributed by atoms with Crippen molar-refractivity contribution in [3.63, 3.8) is 0 Å². The maximum atomic E-state index is 13.7. The van der Waals surface area contributed by atoms with Gasteiger partial charge in [0.15, 0.2) is 5.82 Å². The Morgan fingerprint density at radius 1 is 1.36 bits per heavy atom. The van der Waals surface area contributed by atoms with Gasteiger partial charge in [-0.25, -0.2) is 4.39 Å². The molecule has 0 bridgehead atoms. The predicted molar refractivity (Wildman–Crippen MR) is 107 cm³/mol. The normalized spacial score (nSPS) is 25.3. The number of amides is 1. The largest absolute Gasteiger partial charge is 0.365 e. The summed E-state index contributed by atoms with van der Waals surface area (Å²) in [6.45, 7) is 4.66. The van der Waals surface area contributed by atoms with Crippen LogP contribution in [0.4, 0.5) is 15.9 Å². The first-order valence-corrected chi connectivity index (χ1v) is 10.1. The fraction of sp³-hybridized carbons (Fsp3) is 0.500. The van der Waals surface area contributed by atoms with Gasteiger partial charge in [0.1, 0.15) is 11.4 Å². The zero-order valence-corrected chi connectivity index (χ0v) is 16.6. The smallest absolute Gasteiger partial charge is 0.254 e. The van der Waals surface area contributed by atoms with E-state index in [0.717, 1.165) is 19.3 Å². The van der Waals surface area contributed by atoms with Crippen LogP contribution in [0.3, 0.4) is 0 Å². The summed E-state index contributed by atoms with van der Waals surface area (Å²) in [7, 11) is 0. The number of hydrogen-bond acceptors (Lipinski definition) is 4. The first kappa shape index (κ1) is 19.2. The van der Waals surface area contributed by atoms with Gasteiger partial charge in [-0.1, -0.05) is 18.5 Å². The molecule has 150 valence electrons. The number of primary amides is 1. The average molecular weight is 406 g/mol. The molecule has 1 saturated heterocycles. The number of hydrogen-bond donors (Lipinski definition) is 2. The van der Waals surface area contributed by atoms with Gasteiger partial charge in [-0.2, -0.15) is 5.10 Å². The van der Waals surface area contributed by atoms with E-state index < -0.39 is 11.7 Å². The second-order valence-electron chi connectivity index (χ2n) is 7.89. The van der Waals surface area contributed by atoms with Crippen molar-refractivity contribution in [2.45, 2.75) is 44.7 Å². The number of carbonyl (C=O) groups excluding carboxylic acids is 1. The number of anilines is 2. The van der Waals surface area contributed by atoms with Crippen LogP contribution >= 0.6 is 11.6 Å². The van der Waals surface area contributed by atoms with Crippen molar-refractivity contribution in [2.24, 2.45) is 11.7 Å². The first-order valence-electron chi connectivity index (χ1n) is 9.77. The fourth-order valence-corrected chi connectivity index (χ4v) is 4.44. The highest BCUT2D eigenvalue weighted by molar-refractivity contribution is 6.30. The molecule has 3 unspecified atom stereocenters. The van der Waals surface area contributed by atoms with Crippen LogP contribution in [-0.4, -0.2) is 39.7 Å². The fourth-order valence-electron chi connectivity index (χ4n) is 4.33. The third-order valence-electron chi connectivity index (χ3n) is 6.02. The van der Waals surface area contributed by atoms with Crippen LogP contribution in [-0.2, 0) is 0 Å². The van der Waals surface area contributed by atoms with Gasteiger partial charge in [-0.05, 0) is 62.9 Å². The van der Waals surface area contributed by atoms with Gasteiger partial charge in [0, 0.05) is 17.9 Å². The topological polar surface area (TPSA) is 76.2 Å². The molecule has 2 aliphatic rings. The summed E-state index contributed by atoms with van der Waals surface area (Å²) in [6, 6.07) is 5.23. The van der Waals surface area contributed by atoms with E-state index in [4.69, 9.17) is 17.3 Å². The summed E-state index contributed by atoms with van der Waals surface area (Å²) in [5.74, 6) is -0.318. The van der Waals surface area contributed by atoms with E-state index in [-0.39, 0.29) is 11.1 Å². The van der Waals surface area contributed by atoms with E-state index >= 15 is 0 Å². The third kappa shape index (κ3) is 3.73. The van der Waals surface area contributed by atoms with Crippen LogP contribution in [0.5, 0.6) is 0 Å². The monoisotopic (exact) mass is 405 g/mol. The summed E-state index contributed by atoms with van der Waals surface area (Å²) >= 11 is 5.74. The molecule has 3 N–H and O–H groups in total. The van der Waals surface area contributed by atoms with Crippen LogP contribution < -0.4 is 11.1 Å². The SMILES string of the molecule is CC1CC(N2CCC2)CCC1n1cc(C(N)=O)c(Nc2ccc(Cl)c(F)c2)n1. The Balaban J connectivity index is 1.54. The molecule has 1 aliphatic heterocycles. The lowest BCUT2D eigenvalue weighted by Gasteiger charge is -2.44. The number of halogens is 2. The Morgan fingerprint density at radius 3 is 2.75 bits per heavy atom. The number of nitrogens with two attached hydrogens (primary N) is 1. The molecule has 0 spiro atoms. The molecule has 1 amide bonds. The Labute approximate surface area is 168 Å². The van der Waals surface area contributed by atoms with Crippen molar-refractivity contribution < 1.29 is 9.18 Å². The van der Waals surface area contributed by atoms with Crippen molar-refractivity contribution >= 4 is 29.0 Å². The molecule has 2 heterocycles. The Bertz CT molecular complexity index is 881. The minimum Gasteiger partial charge on any atom is -0.365 e. The number of likely N-dealkylation sites (tertiary alicyclic amines) is 1. The van der Waals surface area contributed by atoms with Crippen molar-refractivity contribution in [3.8, 4) is 0 Å². The van der Waals surface area contributed by atoms with Crippen molar-refractivity contribution in [3.05, 3.63) is 40.8 Å². The van der Waals surface area contributed by atoms with E-state index in [1.807, 2.05) is 4.68 Å². The minimum atomic E-state index is -0.565. The molecule has 0 radical (unpaired) electrons. The van der Waals surface area contributed by atoms with Gasteiger partial charge < -0.3 is 16.0 Å². The number of aromatic nitrogens is 2. The summed E-state index contributed by atoms with van der Waals surface area (Å²) in [5.41, 5.74) is 6.31. The molecule has 3 atom stereocenters. The van der Waals surface area contributed by atoms with E-state index in [1.165, 1.54) is 31.6 Å². The highest BCUT2D eigenvalue weighted by atomic mass is 35.5. The van der Waals surface area contributed by atoms with E-state index in [0.29, 0.717) is 29.0 Å². The predicted octanol–water partition coefficient (Wildman–Crippen LogP) is 3.95. The summed E-state index contributed by atoms with van der Waals surface area (Å²) in [4.78, 5) is 14.5. The molecule has 1 aromatic heterocycles. The molecule has 1 aromatic carbocycles. The molecule has 8 heteroatoms. The number of benzene rings is 1. The third-order valence-corrected chi connectivity index (χ3v) is 6.33. The molecule has 4 rings (SSSR count).